The fourth-order valence-corrected chi connectivity index (χ4v) is 2.67. The molecule has 0 radical (unpaired) electrons. The maximum atomic E-state index is 5.96. The zero-order valence-electron chi connectivity index (χ0n) is 16.5. The molecule has 0 aromatic heterocycles. The summed E-state index contributed by atoms with van der Waals surface area (Å²) < 4.78 is 11.3. The summed E-state index contributed by atoms with van der Waals surface area (Å²) in [5.41, 5.74) is 0. The first kappa shape index (κ1) is 22.8. The molecule has 1 saturated carbocycles. The highest BCUT2D eigenvalue weighted by atomic mass is 127. The van der Waals surface area contributed by atoms with Gasteiger partial charge in [-0.15, -0.1) is 24.0 Å². The van der Waals surface area contributed by atoms with Gasteiger partial charge >= 0.3 is 0 Å². The number of guanidine groups is 1. The summed E-state index contributed by atoms with van der Waals surface area (Å²) in [7, 11) is 5.64. The van der Waals surface area contributed by atoms with E-state index in [0.717, 1.165) is 30.0 Å². The lowest BCUT2D eigenvalue weighted by molar-refractivity contribution is 0.213. The topological polar surface area (TPSA) is 58.1 Å². The van der Waals surface area contributed by atoms with Crippen LogP contribution in [0.2, 0.25) is 0 Å². The smallest absolute Gasteiger partial charge is 0.191 e. The first-order chi connectivity index (χ1) is 12.0. The van der Waals surface area contributed by atoms with Gasteiger partial charge in [0.15, 0.2) is 17.5 Å². The molecule has 0 bridgehead atoms. The highest BCUT2D eigenvalue weighted by Crippen LogP contribution is 2.27. The minimum Gasteiger partial charge on any atom is -0.493 e. The molecular weight excluding hydrogens is 443 g/mol. The number of benzene rings is 1. The fraction of sp³-hybridized carbons (Fsp3) is 0.632. The van der Waals surface area contributed by atoms with Crippen LogP contribution in [-0.2, 0) is 0 Å². The SMILES string of the molecule is CN=C(NCC(C)Oc1ccccc1OC)NCC(C)N(C)C1CC1.I. The van der Waals surface area contributed by atoms with Crippen molar-refractivity contribution in [1.29, 1.82) is 0 Å². The van der Waals surface area contributed by atoms with E-state index in [2.05, 4.69) is 34.5 Å². The summed E-state index contributed by atoms with van der Waals surface area (Å²) in [6.45, 7) is 5.79. The van der Waals surface area contributed by atoms with Gasteiger partial charge < -0.3 is 20.1 Å². The zero-order valence-corrected chi connectivity index (χ0v) is 18.8. The first-order valence-corrected chi connectivity index (χ1v) is 9.01. The van der Waals surface area contributed by atoms with E-state index in [1.807, 2.05) is 31.2 Å². The van der Waals surface area contributed by atoms with Crippen LogP contribution in [0.4, 0.5) is 0 Å². The van der Waals surface area contributed by atoms with Crippen molar-refractivity contribution in [3.05, 3.63) is 24.3 Å². The zero-order chi connectivity index (χ0) is 18.2. The average molecular weight is 476 g/mol. The Bertz CT molecular complexity index is 566. The van der Waals surface area contributed by atoms with Gasteiger partial charge in [0.2, 0.25) is 0 Å². The van der Waals surface area contributed by atoms with Gasteiger partial charge in [-0.3, -0.25) is 9.89 Å². The first-order valence-electron chi connectivity index (χ1n) is 9.01. The molecule has 0 aliphatic heterocycles. The van der Waals surface area contributed by atoms with E-state index in [4.69, 9.17) is 9.47 Å². The molecular formula is C19H33IN4O2. The van der Waals surface area contributed by atoms with Crippen LogP contribution < -0.4 is 20.1 Å². The molecule has 0 spiro atoms. The van der Waals surface area contributed by atoms with Crippen molar-refractivity contribution in [3.63, 3.8) is 0 Å². The molecule has 0 amide bonds. The molecule has 6 nitrogen and oxygen atoms in total. The van der Waals surface area contributed by atoms with Crippen molar-refractivity contribution in [2.75, 3.05) is 34.3 Å². The second-order valence-corrected chi connectivity index (χ2v) is 6.66. The molecule has 2 N–H and O–H groups in total. The summed E-state index contributed by atoms with van der Waals surface area (Å²) in [5, 5.41) is 6.71. The summed E-state index contributed by atoms with van der Waals surface area (Å²) in [5.74, 6) is 2.29. The average Bonchev–Trinajstić information content (AvgIpc) is 3.46. The number of methoxy groups -OCH3 is 1. The van der Waals surface area contributed by atoms with Crippen LogP contribution in [0, 0.1) is 0 Å². The predicted molar refractivity (Wildman–Crippen MR) is 118 cm³/mol. The van der Waals surface area contributed by atoms with Crippen LogP contribution in [0.25, 0.3) is 0 Å². The summed E-state index contributed by atoms with van der Waals surface area (Å²) >= 11 is 0. The second-order valence-electron chi connectivity index (χ2n) is 6.66. The molecule has 1 aromatic carbocycles. The molecule has 7 heteroatoms. The lowest BCUT2D eigenvalue weighted by Crippen LogP contribution is -2.47. The third kappa shape index (κ3) is 7.19. The lowest BCUT2D eigenvalue weighted by Gasteiger charge is -2.26. The monoisotopic (exact) mass is 476 g/mol. The van der Waals surface area contributed by atoms with Gasteiger partial charge in [-0.1, -0.05) is 12.1 Å². The Morgan fingerprint density at radius 1 is 1.19 bits per heavy atom. The number of para-hydroxylation sites is 2. The Morgan fingerprint density at radius 3 is 2.38 bits per heavy atom. The Morgan fingerprint density at radius 2 is 1.81 bits per heavy atom. The molecule has 1 aliphatic rings. The molecule has 0 heterocycles. The third-order valence-corrected chi connectivity index (χ3v) is 4.56. The Kier molecular flexibility index (Phi) is 10.1. The minimum atomic E-state index is -0.0126. The largest absolute Gasteiger partial charge is 0.493 e. The van der Waals surface area contributed by atoms with Gasteiger partial charge in [0.25, 0.3) is 0 Å². The molecule has 1 aliphatic carbocycles. The molecule has 0 saturated heterocycles. The number of nitrogens with zero attached hydrogens (tertiary/aromatic N) is 2. The van der Waals surface area contributed by atoms with Crippen LogP contribution in [0.5, 0.6) is 11.5 Å². The van der Waals surface area contributed by atoms with E-state index in [1.165, 1.54) is 12.8 Å². The van der Waals surface area contributed by atoms with Crippen molar-refractivity contribution in [2.45, 2.75) is 44.9 Å². The molecule has 1 fully saturated rings. The van der Waals surface area contributed by atoms with E-state index < -0.39 is 0 Å². The highest BCUT2D eigenvalue weighted by Gasteiger charge is 2.28. The number of aliphatic imine (C=N–C) groups is 1. The van der Waals surface area contributed by atoms with Gasteiger partial charge in [-0.25, -0.2) is 0 Å². The summed E-state index contributed by atoms with van der Waals surface area (Å²) in [6, 6.07) is 8.93. The molecule has 148 valence electrons. The Hall–Kier alpha value is -1.22. The second kappa shape index (κ2) is 11.5. The number of ether oxygens (including phenoxy) is 2. The minimum absolute atomic E-state index is 0. The van der Waals surface area contributed by atoms with Crippen LogP contribution in [0.3, 0.4) is 0 Å². The number of nitrogens with one attached hydrogen (secondary N) is 2. The van der Waals surface area contributed by atoms with Crippen molar-refractivity contribution >= 4 is 29.9 Å². The maximum Gasteiger partial charge on any atom is 0.191 e. The van der Waals surface area contributed by atoms with Gasteiger partial charge in [0.1, 0.15) is 6.10 Å². The van der Waals surface area contributed by atoms with E-state index in [9.17, 15) is 0 Å². The molecule has 26 heavy (non-hydrogen) atoms. The van der Waals surface area contributed by atoms with Crippen molar-refractivity contribution < 1.29 is 9.47 Å². The van der Waals surface area contributed by atoms with E-state index in [-0.39, 0.29) is 30.1 Å². The standard InChI is InChI=1S/C19H32N4O2.HI/c1-14(23(4)16-10-11-16)12-21-19(20-3)22-13-15(2)25-18-9-7-6-8-17(18)24-5;/h6-9,14-16H,10-13H2,1-5H3,(H2,20,21,22);1H. The number of likely N-dealkylation sites (N-methyl/N-ethyl adjacent to an activating group) is 1. The third-order valence-electron chi connectivity index (χ3n) is 4.56. The van der Waals surface area contributed by atoms with Crippen molar-refractivity contribution in [1.82, 2.24) is 15.5 Å². The van der Waals surface area contributed by atoms with Crippen LogP contribution in [-0.4, -0.2) is 63.3 Å². The normalized spacial score (nSPS) is 16.5. The summed E-state index contributed by atoms with van der Waals surface area (Å²) in [6.07, 6.45) is 2.64. The quantitative estimate of drug-likeness (QED) is 0.326. The van der Waals surface area contributed by atoms with Gasteiger partial charge in [0.05, 0.1) is 13.7 Å². The van der Waals surface area contributed by atoms with E-state index in [1.54, 1.807) is 14.2 Å². The van der Waals surface area contributed by atoms with E-state index in [0.29, 0.717) is 12.6 Å². The molecule has 2 unspecified atom stereocenters. The van der Waals surface area contributed by atoms with Gasteiger partial charge in [-0.05, 0) is 45.9 Å². The van der Waals surface area contributed by atoms with Crippen LogP contribution in [0.15, 0.2) is 29.3 Å². The highest BCUT2D eigenvalue weighted by molar-refractivity contribution is 14.0. The van der Waals surface area contributed by atoms with E-state index >= 15 is 0 Å². The van der Waals surface area contributed by atoms with Gasteiger partial charge in [0, 0.05) is 25.7 Å². The molecule has 2 atom stereocenters. The number of halogens is 1. The maximum absolute atomic E-state index is 5.96. The van der Waals surface area contributed by atoms with Gasteiger partial charge in [-0.2, -0.15) is 0 Å². The molecule has 2 rings (SSSR count). The van der Waals surface area contributed by atoms with Crippen molar-refractivity contribution in [3.8, 4) is 11.5 Å². The number of hydrogen-bond donors (Lipinski definition) is 2. The van der Waals surface area contributed by atoms with Crippen molar-refractivity contribution in [2.24, 2.45) is 4.99 Å². The Labute approximate surface area is 174 Å². The summed E-state index contributed by atoms with van der Waals surface area (Å²) in [4.78, 5) is 6.73. The number of rotatable bonds is 9. The molecule has 1 aromatic rings. The number of hydrogen-bond acceptors (Lipinski definition) is 4. The fourth-order valence-electron chi connectivity index (χ4n) is 2.67. The van der Waals surface area contributed by atoms with Crippen LogP contribution >= 0.6 is 24.0 Å². The predicted octanol–water partition coefficient (Wildman–Crippen LogP) is 2.73. The van der Waals surface area contributed by atoms with Crippen LogP contribution in [0.1, 0.15) is 26.7 Å². The Balaban J connectivity index is 0.00000338. The lowest BCUT2D eigenvalue weighted by atomic mass is 10.3.